The van der Waals surface area contributed by atoms with Crippen LogP contribution in [-0.4, -0.2) is 23.7 Å². The highest BCUT2D eigenvalue weighted by Crippen LogP contribution is 2.36. The summed E-state index contributed by atoms with van der Waals surface area (Å²) >= 11 is 3.38. The van der Waals surface area contributed by atoms with Crippen molar-refractivity contribution in [2.75, 3.05) is 17.8 Å². The average Bonchev–Trinajstić information content (AvgIpc) is 2.37. The van der Waals surface area contributed by atoms with Crippen molar-refractivity contribution in [3.05, 3.63) is 29.6 Å². The topological polar surface area (TPSA) is 29.1 Å². The number of hydrogen-bond donors (Lipinski definition) is 1. The predicted molar refractivity (Wildman–Crippen MR) is 75.6 cm³/mol. The van der Waals surface area contributed by atoms with Crippen molar-refractivity contribution in [3.8, 4) is 0 Å². The Kier molecular flexibility index (Phi) is 4.95. The van der Waals surface area contributed by atoms with Gasteiger partial charge in [0.1, 0.15) is 5.82 Å². The Bertz CT molecular complexity index is 439. The Labute approximate surface area is 115 Å². The van der Waals surface area contributed by atoms with Gasteiger partial charge < -0.3 is 5.32 Å². The Hall–Kier alpha value is -0.680. The normalized spacial score (nSPS) is 18.2. The molecular formula is C13H16FNOS2. The molecule has 1 heterocycles. The van der Waals surface area contributed by atoms with Crippen LogP contribution in [-0.2, 0) is 4.79 Å². The molecule has 0 aromatic heterocycles. The first-order valence-corrected chi connectivity index (χ1v) is 8.29. The van der Waals surface area contributed by atoms with Crippen molar-refractivity contribution < 1.29 is 9.18 Å². The Morgan fingerprint density at radius 3 is 3.22 bits per heavy atom. The van der Waals surface area contributed by atoms with Crippen molar-refractivity contribution in [1.29, 1.82) is 0 Å². The summed E-state index contributed by atoms with van der Waals surface area (Å²) in [5.41, 5.74) is 0.920. The van der Waals surface area contributed by atoms with Crippen molar-refractivity contribution in [3.63, 3.8) is 0 Å². The first-order valence-electron chi connectivity index (χ1n) is 5.91. The zero-order valence-electron chi connectivity index (χ0n) is 10.2. The first kappa shape index (κ1) is 13.7. The molecule has 0 saturated heterocycles. The van der Waals surface area contributed by atoms with Crippen LogP contribution in [0.4, 0.5) is 4.39 Å². The molecule has 1 amide bonds. The van der Waals surface area contributed by atoms with E-state index in [9.17, 15) is 9.18 Å². The fourth-order valence-electron chi connectivity index (χ4n) is 1.98. The summed E-state index contributed by atoms with van der Waals surface area (Å²) in [6.07, 6.45) is 3.37. The molecule has 98 valence electrons. The molecule has 1 atom stereocenters. The number of carbonyl (C=O) groups excluding carboxylic acids is 1. The van der Waals surface area contributed by atoms with E-state index >= 15 is 0 Å². The first-order chi connectivity index (χ1) is 8.70. The predicted octanol–water partition coefficient (Wildman–Crippen LogP) is 3.23. The molecule has 1 aliphatic heterocycles. The van der Waals surface area contributed by atoms with Crippen LogP contribution in [0.2, 0.25) is 0 Å². The zero-order valence-corrected chi connectivity index (χ0v) is 11.9. The monoisotopic (exact) mass is 285 g/mol. The van der Waals surface area contributed by atoms with Crippen molar-refractivity contribution >= 4 is 29.4 Å². The van der Waals surface area contributed by atoms with Gasteiger partial charge in [-0.25, -0.2) is 4.39 Å². The minimum Gasteiger partial charge on any atom is -0.349 e. The molecular weight excluding hydrogens is 269 g/mol. The lowest BCUT2D eigenvalue weighted by Crippen LogP contribution is -2.30. The van der Waals surface area contributed by atoms with Gasteiger partial charge >= 0.3 is 0 Å². The summed E-state index contributed by atoms with van der Waals surface area (Å²) in [5.74, 6) is 1.60. The number of rotatable bonds is 4. The largest absolute Gasteiger partial charge is 0.349 e. The average molecular weight is 285 g/mol. The molecule has 0 spiro atoms. The third kappa shape index (κ3) is 3.42. The summed E-state index contributed by atoms with van der Waals surface area (Å²) in [4.78, 5) is 12.8. The molecule has 0 fully saturated rings. The number of thioether (sulfide) groups is 2. The van der Waals surface area contributed by atoms with E-state index in [1.54, 1.807) is 35.7 Å². The summed E-state index contributed by atoms with van der Waals surface area (Å²) in [5, 5.41) is 3.00. The highest BCUT2D eigenvalue weighted by molar-refractivity contribution is 7.99. The molecule has 1 aromatic carbocycles. The Morgan fingerprint density at radius 1 is 1.61 bits per heavy atom. The van der Waals surface area contributed by atoms with E-state index in [4.69, 9.17) is 0 Å². The summed E-state index contributed by atoms with van der Waals surface area (Å²) in [7, 11) is 0. The van der Waals surface area contributed by atoms with Gasteiger partial charge in [0.05, 0.1) is 6.04 Å². The molecule has 0 bridgehead atoms. The quantitative estimate of drug-likeness (QED) is 0.921. The maximum atomic E-state index is 13.3. The molecule has 1 aliphatic rings. The number of nitrogens with one attached hydrogen (secondary N) is 1. The maximum Gasteiger partial charge on any atom is 0.221 e. The summed E-state index contributed by atoms with van der Waals surface area (Å²) in [6, 6.07) is 4.78. The van der Waals surface area contributed by atoms with E-state index in [0.29, 0.717) is 6.42 Å². The van der Waals surface area contributed by atoms with E-state index in [1.807, 2.05) is 6.26 Å². The third-order valence-electron chi connectivity index (χ3n) is 2.88. The van der Waals surface area contributed by atoms with Gasteiger partial charge in [0, 0.05) is 22.8 Å². The standard InChI is InChI=1S/C13H16FNOS2/c1-17-6-5-13(16)15-11-4-7-18-12-3-2-9(14)8-10(11)12/h2-3,8,11H,4-7H2,1H3,(H,15,16). The van der Waals surface area contributed by atoms with Crippen LogP contribution in [0.25, 0.3) is 0 Å². The SMILES string of the molecule is CSCCC(=O)NC1CCSc2ccc(F)cc21. The molecule has 1 aromatic rings. The van der Waals surface area contributed by atoms with Crippen LogP contribution < -0.4 is 5.32 Å². The van der Waals surface area contributed by atoms with Crippen LogP contribution in [0.1, 0.15) is 24.4 Å². The van der Waals surface area contributed by atoms with Gasteiger partial charge in [0.25, 0.3) is 0 Å². The third-order valence-corrected chi connectivity index (χ3v) is 4.61. The fraction of sp³-hybridized carbons (Fsp3) is 0.462. The van der Waals surface area contributed by atoms with Gasteiger partial charge in [-0.05, 0) is 36.4 Å². The van der Waals surface area contributed by atoms with E-state index < -0.39 is 0 Å². The highest BCUT2D eigenvalue weighted by atomic mass is 32.2. The zero-order chi connectivity index (χ0) is 13.0. The van der Waals surface area contributed by atoms with Crippen LogP contribution in [0.3, 0.4) is 0 Å². The van der Waals surface area contributed by atoms with E-state index in [1.165, 1.54) is 6.07 Å². The van der Waals surface area contributed by atoms with Crippen LogP contribution in [0.5, 0.6) is 0 Å². The van der Waals surface area contributed by atoms with Gasteiger partial charge in [-0.2, -0.15) is 11.8 Å². The van der Waals surface area contributed by atoms with E-state index in [-0.39, 0.29) is 17.8 Å². The molecule has 18 heavy (non-hydrogen) atoms. The van der Waals surface area contributed by atoms with Crippen molar-refractivity contribution in [2.45, 2.75) is 23.8 Å². The smallest absolute Gasteiger partial charge is 0.221 e. The molecule has 2 nitrogen and oxygen atoms in total. The van der Waals surface area contributed by atoms with Crippen LogP contribution >= 0.6 is 23.5 Å². The molecule has 0 saturated carbocycles. The number of carbonyl (C=O) groups is 1. The second-order valence-electron chi connectivity index (χ2n) is 4.18. The minimum absolute atomic E-state index is 0.0358. The van der Waals surface area contributed by atoms with E-state index in [0.717, 1.165) is 28.4 Å². The van der Waals surface area contributed by atoms with Gasteiger partial charge in [0.15, 0.2) is 0 Å². The van der Waals surface area contributed by atoms with Gasteiger partial charge in [-0.3, -0.25) is 4.79 Å². The highest BCUT2D eigenvalue weighted by Gasteiger charge is 2.22. The Balaban J connectivity index is 2.07. The second-order valence-corrected chi connectivity index (χ2v) is 6.30. The van der Waals surface area contributed by atoms with Crippen LogP contribution in [0, 0.1) is 5.82 Å². The summed E-state index contributed by atoms with van der Waals surface area (Å²) in [6.45, 7) is 0. The number of benzene rings is 1. The fourth-order valence-corrected chi connectivity index (χ4v) is 3.47. The van der Waals surface area contributed by atoms with Gasteiger partial charge in [-0.15, -0.1) is 11.8 Å². The van der Waals surface area contributed by atoms with E-state index in [2.05, 4.69) is 5.32 Å². The molecule has 0 aliphatic carbocycles. The number of fused-ring (bicyclic) bond motifs is 1. The minimum atomic E-state index is -0.236. The molecule has 1 N–H and O–H groups in total. The summed E-state index contributed by atoms with van der Waals surface area (Å²) < 4.78 is 13.3. The maximum absolute atomic E-state index is 13.3. The van der Waals surface area contributed by atoms with Gasteiger partial charge in [-0.1, -0.05) is 0 Å². The van der Waals surface area contributed by atoms with Gasteiger partial charge in [0.2, 0.25) is 5.91 Å². The molecule has 5 heteroatoms. The number of halogens is 1. The molecule has 2 rings (SSSR count). The lowest BCUT2D eigenvalue weighted by Gasteiger charge is -2.26. The number of amides is 1. The molecule has 1 unspecified atom stereocenters. The molecule has 0 radical (unpaired) electrons. The van der Waals surface area contributed by atoms with Crippen molar-refractivity contribution in [2.24, 2.45) is 0 Å². The lowest BCUT2D eigenvalue weighted by atomic mass is 10.0. The lowest BCUT2D eigenvalue weighted by molar-refractivity contribution is -0.121. The second kappa shape index (κ2) is 6.48. The Morgan fingerprint density at radius 2 is 2.44 bits per heavy atom. The number of hydrogen-bond acceptors (Lipinski definition) is 3. The van der Waals surface area contributed by atoms with Crippen LogP contribution in [0.15, 0.2) is 23.1 Å². The van der Waals surface area contributed by atoms with Crippen molar-refractivity contribution in [1.82, 2.24) is 5.32 Å².